The van der Waals surface area contributed by atoms with Gasteiger partial charge in [-0.3, -0.25) is 9.69 Å². The zero-order valence-corrected chi connectivity index (χ0v) is 18.4. The lowest BCUT2D eigenvalue weighted by atomic mass is 9.97. The minimum atomic E-state index is -0.282. The number of hydrogen-bond acceptors (Lipinski definition) is 2. The average Bonchev–Trinajstić information content (AvgIpc) is 2.82. The Morgan fingerprint density at radius 1 is 0.969 bits per heavy atom. The van der Waals surface area contributed by atoms with Gasteiger partial charge in [0.15, 0.2) is 0 Å². The highest BCUT2D eigenvalue weighted by atomic mass is 19.1. The molecule has 1 heterocycles. The van der Waals surface area contributed by atoms with Crippen molar-refractivity contribution in [2.24, 2.45) is 0 Å². The van der Waals surface area contributed by atoms with E-state index in [0.29, 0.717) is 31.7 Å². The van der Waals surface area contributed by atoms with Gasteiger partial charge in [-0.1, -0.05) is 23.8 Å². The van der Waals surface area contributed by atoms with Crippen molar-refractivity contribution in [2.75, 3.05) is 24.5 Å². The molecule has 1 aliphatic carbocycles. The molecule has 6 heteroatoms. The van der Waals surface area contributed by atoms with E-state index in [4.69, 9.17) is 0 Å². The Bertz CT molecular complexity index is 970. The number of urea groups is 1. The second-order valence-electron chi connectivity index (χ2n) is 8.50. The van der Waals surface area contributed by atoms with Gasteiger partial charge in [0.2, 0.25) is 0 Å². The van der Waals surface area contributed by atoms with E-state index in [1.54, 1.807) is 34.1 Å². The van der Waals surface area contributed by atoms with Crippen LogP contribution < -0.4 is 10.2 Å². The first-order valence-electron chi connectivity index (χ1n) is 11.5. The molecule has 2 aromatic rings. The number of allylic oxidation sites excluding steroid dienone is 1. The lowest BCUT2D eigenvalue weighted by Gasteiger charge is -2.35. The summed E-state index contributed by atoms with van der Waals surface area (Å²) in [6, 6.07) is 13.4. The summed E-state index contributed by atoms with van der Waals surface area (Å²) in [5.41, 5.74) is 3.72. The van der Waals surface area contributed by atoms with Crippen molar-refractivity contribution >= 4 is 17.6 Å². The molecule has 0 aromatic heterocycles. The fraction of sp³-hybridized carbons (Fsp3) is 0.385. The number of nitrogens with zero attached hydrogens (tertiary/aromatic N) is 2. The molecule has 32 heavy (non-hydrogen) atoms. The Hall–Kier alpha value is -3.15. The summed E-state index contributed by atoms with van der Waals surface area (Å²) in [6.45, 7) is 2.41. The van der Waals surface area contributed by atoms with Crippen molar-refractivity contribution in [2.45, 2.75) is 45.1 Å². The largest absolute Gasteiger partial charge is 0.352 e. The van der Waals surface area contributed by atoms with Crippen LogP contribution in [0.3, 0.4) is 0 Å². The molecule has 1 saturated heterocycles. The van der Waals surface area contributed by atoms with Crippen LogP contribution in [0, 0.1) is 5.82 Å². The molecule has 0 spiro atoms. The Kier molecular flexibility index (Phi) is 7.20. The van der Waals surface area contributed by atoms with Crippen LogP contribution in [0.4, 0.5) is 14.9 Å². The fourth-order valence-corrected chi connectivity index (χ4v) is 4.34. The molecule has 1 fully saturated rings. The summed E-state index contributed by atoms with van der Waals surface area (Å²) in [5, 5.41) is 3.00. The molecule has 1 aliphatic heterocycles. The van der Waals surface area contributed by atoms with Gasteiger partial charge in [0, 0.05) is 37.4 Å². The third-order valence-electron chi connectivity index (χ3n) is 6.16. The highest BCUT2D eigenvalue weighted by Gasteiger charge is 2.27. The van der Waals surface area contributed by atoms with E-state index < -0.39 is 0 Å². The molecule has 1 N–H and O–H groups in total. The summed E-state index contributed by atoms with van der Waals surface area (Å²) >= 11 is 0. The summed E-state index contributed by atoms with van der Waals surface area (Å²) in [4.78, 5) is 29.0. The summed E-state index contributed by atoms with van der Waals surface area (Å²) < 4.78 is 13.1. The molecule has 4 rings (SSSR count). The fourth-order valence-electron chi connectivity index (χ4n) is 4.34. The van der Waals surface area contributed by atoms with E-state index >= 15 is 0 Å². The van der Waals surface area contributed by atoms with Crippen LogP contribution in [0.15, 0.2) is 60.2 Å². The second-order valence-corrected chi connectivity index (χ2v) is 8.50. The van der Waals surface area contributed by atoms with Crippen LogP contribution >= 0.6 is 0 Å². The van der Waals surface area contributed by atoms with Crippen molar-refractivity contribution in [3.8, 4) is 0 Å². The van der Waals surface area contributed by atoms with E-state index in [1.165, 1.54) is 30.5 Å². The molecule has 5 nitrogen and oxygen atoms in total. The summed E-state index contributed by atoms with van der Waals surface area (Å²) in [6.07, 6.45) is 8.89. The molecular formula is C26H30FN3O2. The molecule has 3 amide bonds. The minimum absolute atomic E-state index is 0.0708. The maximum Gasteiger partial charge on any atom is 0.324 e. The van der Waals surface area contributed by atoms with E-state index in [2.05, 4.69) is 11.4 Å². The minimum Gasteiger partial charge on any atom is -0.352 e. The lowest BCUT2D eigenvalue weighted by molar-refractivity contribution is 0.0954. The standard InChI is InChI=1S/C26H30FN3O2/c27-23-11-7-21(8-12-23)19-29-17-4-18-30(26(29)32)24-13-9-22(10-14-24)25(31)28-16-15-20-5-2-1-3-6-20/h5,7-14H,1-4,6,15-19H2,(H,28,31). The number of hydrogen-bond donors (Lipinski definition) is 1. The Labute approximate surface area is 188 Å². The first-order valence-corrected chi connectivity index (χ1v) is 11.5. The van der Waals surface area contributed by atoms with Gasteiger partial charge in [-0.2, -0.15) is 0 Å². The first-order chi connectivity index (χ1) is 15.6. The number of rotatable bonds is 7. The second kappa shape index (κ2) is 10.4. The molecule has 2 aromatic carbocycles. The molecule has 0 unspecified atom stereocenters. The third-order valence-corrected chi connectivity index (χ3v) is 6.16. The molecular weight excluding hydrogens is 405 g/mol. The maximum absolute atomic E-state index is 13.1. The van der Waals surface area contributed by atoms with Crippen LogP contribution in [-0.2, 0) is 6.54 Å². The number of benzene rings is 2. The zero-order chi connectivity index (χ0) is 22.3. The van der Waals surface area contributed by atoms with Gasteiger partial charge in [0.05, 0.1) is 0 Å². The molecule has 2 aliphatic rings. The van der Waals surface area contributed by atoms with Crippen LogP contribution in [-0.4, -0.2) is 36.5 Å². The molecule has 0 radical (unpaired) electrons. The maximum atomic E-state index is 13.1. The van der Waals surface area contributed by atoms with E-state index in [9.17, 15) is 14.0 Å². The quantitative estimate of drug-likeness (QED) is 0.602. The zero-order valence-electron chi connectivity index (χ0n) is 18.4. The smallest absolute Gasteiger partial charge is 0.324 e. The van der Waals surface area contributed by atoms with Gasteiger partial charge in [-0.25, -0.2) is 9.18 Å². The average molecular weight is 436 g/mol. The summed E-state index contributed by atoms with van der Waals surface area (Å²) in [7, 11) is 0. The van der Waals surface area contributed by atoms with Gasteiger partial charge in [-0.15, -0.1) is 0 Å². The third kappa shape index (κ3) is 5.55. The van der Waals surface area contributed by atoms with Crippen LogP contribution in [0.2, 0.25) is 0 Å². The van der Waals surface area contributed by atoms with Gasteiger partial charge < -0.3 is 10.2 Å². The Balaban J connectivity index is 1.33. The van der Waals surface area contributed by atoms with Crippen molar-refractivity contribution in [1.82, 2.24) is 10.2 Å². The molecule has 0 atom stereocenters. The Morgan fingerprint density at radius 3 is 2.47 bits per heavy atom. The summed E-state index contributed by atoms with van der Waals surface area (Å²) in [5.74, 6) is -0.369. The lowest BCUT2D eigenvalue weighted by Crippen LogP contribution is -2.49. The van der Waals surface area contributed by atoms with Gasteiger partial charge in [0.25, 0.3) is 5.91 Å². The Morgan fingerprint density at radius 2 is 1.75 bits per heavy atom. The number of nitrogens with one attached hydrogen (secondary N) is 1. The SMILES string of the molecule is O=C(NCCC1=CCCCC1)c1ccc(N2CCCN(Cc3ccc(F)cc3)C2=O)cc1. The van der Waals surface area contributed by atoms with Crippen molar-refractivity contribution < 1.29 is 14.0 Å². The first kappa shape index (κ1) is 22.1. The number of anilines is 1. The predicted octanol–water partition coefficient (Wildman–Crippen LogP) is 5.28. The highest BCUT2D eigenvalue weighted by molar-refractivity contribution is 5.96. The van der Waals surface area contributed by atoms with E-state index in [0.717, 1.165) is 36.9 Å². The van der Waals surface area contributed by atoms with E-state index in [1.807, 2.05) is 12.1 Å². The normalized spacial score (nSPS) is 16.7. The van der Waals surface area contributed by atoms with Crippen molar-refractivity contribution in [1.29, 1.82) is 0 Å². The monoisotopic (exact) mass is 435 g/mol. The van der Waals surface area contributed by atoms with Crippen molar-refractivity contribution in [3.63, 3.8) is 0 Å². The van der Waals surface area contributed by atoms with E-state index in [-0.39, 0.29) is 17.8 Å². The van der Waals surface area contributed by atoms with Gasteiger partial charge >= 0.3 is 6.03 Å². The molecule has 0 bridgehead atoms. The number of amides is 3. The van der Waals surface area contributed by atoms with Crippen LogP contribution in [0.5, 0.6) is 0 Å². The van der Waals surface area contributed by atoms with Gasteiger partial charge in [0.1, 0.15) is 5.82 Å². The number of carbonyl (C=O) groups is 2. The van der Waals surface area contributed by atoms with Crippen LogP contribution in [0.1, 0.15) is 54.4 Å². The topological polar surface area (TPSA) is 52.7 Å². The van der Waals surface area contributed by atoms with Gasteiger partial charge in [-0.05, 0) is 80.5 Å². The number of carbonyl (C=O) groups excluding carboxylic acids is 2. The van der Waals surface area contributed by atoms with Crippen LogP contribution in [0.25, 0.3) is 0 Å². The highest BCUT2D eigenvalue weighted by Crippen LogP contribution is 2.23. The predicted molar refractivity (Wildman–Crippen MR) is 124 cm³/mol. The van der Waals surface area contributed by atoms with Crippen molar-refractivity contribution in [3.05, 3.63) is 77.1 Å². The molecule has 0 saturated carbocycles. The molecule has 168 valence electrons. The number of halogens is 1.